The van der Waals surface area contributed by atoms with Crippen LogP contribution in [0.3, 0.4) is 0 Å². The van der Waals surface area contributed by atoms with E-state index in [9.17, 15) is 5.11 Å². The van der Waals surface area contributed by atoms with Crippen LogP contribution in [0.15, 0.2) is 24.3 Å². The highest BCUT2D eigenvalue weighted by Crippen LogP contribution is 2.60. The molecule has 0 bridgehead atoms. The lowest BCUT2D eigenvalue weighted by Gasteiger charge is -2.42. The number of hydrogen-bond acceptors (Lipinski definition) is 1. The Hall–Kier alpha value is -0.820. The summed E-state index contributed by atoms with van der Waals surface area (Å²) in [4.78, 5) is 0. The molecular weight excluding hydrogens is 208 g/mol. The summed E-state index contributed by atoms with van der Waals surface area (Å²) in [6, 6.07) is 8.78. The molecule has 17 heavy (non-hydrogen) atoms. The lowest BCUT2D eigenvalue weighted by molar-refractivity contribution is 0.0626. The monoisotopic (exact) mass is 230 g/mol. The molecule has 2 unspecified atom stereocenters. The van der Waals surface area contributed by atoms with Gasteiger partial charge in [0, 0.05) is 5.92 Å². The Bertz CT molecular complexity index is 437. The van der Waals surface area contributed by atoms with Crippen LogP contribution in [0.5, 0.6) is 0 Å². The minimum atomic E-state index is -0.174. The Balaban J connectivity index is 2.14. The highest BCUT2D eigenvalue weighted by Gasteiger charge is 2.53. The second-order valence-corrected chi connectivity index (χ2v) is 6.98. The summed E-state index contributed by atoms with van der Waals surface area (Å²) in [5, 5.41) is 10.5. The van der Waals surface area contributed by atoms with Gasteiger partial charge in [0.25, 0.3) is 0 Å². The van der Waals surface area contributed by atoms with Crippen molar-refractivity contribution in [2.45, 2.75) is 57.5 Å². The van der Waals surface area contributed by atoms with E-state index in [2.05, 4.69) is 45.0 Å². The van der Waals surface area contributed by atoms with E-state index in [1.807, 2.05) is 0 Å². The predicted octanol–water partition coefficient (Wildman–Crippen LogP) is 3.61. The zero-order chi connectivity index (χ0) is 12.3. The van der Waals surface area contributed by atoms with Crippen molar-refractivity contribution in [1.82, 2.24) is 0 Å². The molecule has 2 aliphatic carbocycles. The summed E-state index contributed by atoms with van der Waals surface area (Å²) >= 11 is 0. The highest BCUT2D eigenvalue weighted by atomic mass is 16.3. The van der Waals surface area contributed by atoms with Crippen LogP contribution in [0.2, 0.25) is 0 Å². The van der Waals surface area contributed by atoms with Crippen LogP contribution in [0.4, 0.5) is 0 Å². The van der Waals surface area contributed by atoms with Gasteiger partial charge in [0.15, 0.2) is 0 Å². The zero-order valence-electron chi connectivity index (χ0n) is 11.0. The van der Waals surface area contributed by atoms with Gasteiger partial charge in [0.2, 0.25) is 0 Å². The van der Waals surface area contributed by atoms with Crippen LogP contribution in [0.1, 0.15) is 57.1 Å². The van der Waals surface area contributed by atoms with Gasteiger partial charge in [0.05, 0.1) is 6.10 Å². The van der Waals surface area contributed by atoms with Crippen molar-refractivity contribution < 1.29 is 5.11 Å². The highest BCUT2D eigenvalue weighted by molar-refractivity contribution is 5.44. The third-order valence-electron chi connectivity index (χ3n) is 4.64. The largest absolute Gasteiger partial charge is 0.392 e. The molecule has 0 aromatic heterocycles. The molecule has 1 nitrogen and oxygen atoms in total. The lowest BCUT2D eigenvalue weighted by Crippen LogP contribution is -2.38. The molecule has 1 heteroatoms. The minimum absolute atomic E-state index is 0.131. The van der Waals surface area contributed by atoms with Crippen molar-refractivity contribution in [3.63, 3.8) is 0 Å². The maximum Gasteiger partial charge on any atom is 0.0622 e. The van der Waals surface area contributed by atoms with Gasteiger partial charge in [-0.25, -0.2) is 0 Å². The number of aliphatic hydroxyl groups is 1. The fraction of sp³-hybridized carbons (Fsp3) is 0.625. The van der Waals surface area contributed by atoms with E-state index in [4.69, 9.17) is 0 Å². The van der Waals surface area contributed by atoms with E-state index >= 15 is 0 Å². The van der Waals surface area contributed by atoms with E-state index in [0.29, 0.717) is 5.41 Å². The van der Waals surface area contributed by atoms with Crippen molar-refractivity contribution in [2.75, 3.05) is 0 Å². The molecule has 0 heterocycles. The molecule has 1 saturated carbocycles. The second-order valence-electron chi connectivity index (χ2n) is 6.98. The first-order valence-electron chi connectivity index (χ1n) is 6.72. The topological polar surface area (TPSA) is 20.2 Å². The first kappa shape index (κ1) is 11.3. The standard InChI is InChI=1S/C16H22O/c1-15(2,3)14-11-6-4-5-7-12(11)16(8-9-16)10-13(14)17/h4-7,13-14,17H,8-10H2,1-3H3. The Morgan fingerprint density at radius 3 is 2.41 bits per heavy atom. The molecule has 1 fully saturated rings. The maximum atomic E-state index is 10.5. The summed E-state index contributed by atoms with van der Waals surface area (Å²) in [6.07, 6.45) is 3.31. The van der Waals surface area contributed by atoms with Crippen molar-refractivity contribution >= 4 is 0 Å². The van der Waals surface area contributed by atoms with Crippen molar-refractivity contribution in [3.8, 4) is 0 Å². The molecule has 1 spiro atoms. The van der Waals surface area contributed by atoms with Crippen molar-refractivity contribution in [1.29, 1.82) is 0 Å². The number of rotatable bonds is 0. The second kappa shape index (κ2) is 3.35. The normalized spacial score (nSPS) is 30.1. The van der Waals surface area contributed by atoms with Gasteiger partial charge in [-0.05, 0) is 41.2 Å². The van der Waals surface area contributed by atoms with Crippen LogP contribution in [0, 0.1) is 5.41 Å². The summed E-state index contributed by atoms with van der Waals surface area (Å²) in [5.74, 6) is 0.282. The summed E-state index contributed by atoms with van der Waals surface area (Å²) in [5.41, 5.74) is 3.38. The van der Waals surface area contributed by atoms with E-state index in [-0.39, 0.29) is 17.4 Å². The van der Waals surface area contributed by atoms with Crippen LogP contribution < -0.4 is 0 Å². The molecule has 1 N–H and O–H groups in total. The molecule has 2 aliphatic rings. The smallest absolute Gasteiger partial charge is 0.0622 e. The van der Waals surface area contributed by atoms with E-state index in [1.165, 1.54) is 24.0 Å². The fourth-order valence-electron chi connectivity index (χ4n) is 3.75. The van der Waals surface area contributed by atoms with Crippen LogP contribution in [0.25, 0.3) is 0 Å². The van der Waals surface area contributed by atoms with Crippen LogP contribution in [-0.2, 0) is 5.41 Å². The molecule has 1 aromatic carbocycles. The number of hydrogen-bond donors (Lipinski definition) is 1. The molecule has 0 aliphatic heterocycles. The third-order valence-corrected chi connectivity index (χ3v) is 4.64. The Morgan fingerprint density at radius 2 is 1.82 bits per heavy atom. The molecule has 0 saturated heterocycles. The van der Waals surface area contributed by atoms with E-state index in [0.717, 1.165) is 6.42 Å². The van der Waals surface area contributed by atoms with Gasteiger partial charge in [0.1, 0.15) is 0 Å². The summed E-state index contributed by atoms with van der Waals surface area (Å²) in [7, 11) is 0. The van der Waals surface area contributed by atoms with Gasteiger partial charge in [-0.1, -0.05) is 45.0 Å². The molecule has 92 valence electrons. The quantitative estimate of drug-likeness (QED) is 0.722. The van der Waals surface area contributed by atoms with Gasteiger partial charge in [-0.2, -0.15) is 0 Å². The predicted molar refractivity (Wildman–Crippen MR) is 70.2 cm³/mol. The Kier molecular flexibility index (Phi) is 2.22. The van der Waals surface area contributed by atoms with Gasteiger partial charge < -0.3 is 5.11 Å². The van der Waals surface area contributed by atoms with E-state index < -0.39 is 0 Å². The Labute approximate surface area is 104 Å². The van der Waals surface area contributed by atoms with Gasteiger partial charge in [-0.15, -0.1) is 0 Å². The molecule has 0 radical (unpaired) electrons. The number of benzene rings is 1. The van der Waals surface area contributed by atoms with Crippen LogP contribution >= 0.6 is 0 Å². The first-order chi connectivity index (χ1) is 7.94. The Morgan fingerprint density at radius 1 is 1.18 bits per heavy atom. The van der Waals surface area contributed by atoms with Crippen LogP contribution in [-0.4, -0.2) is 11.2 Å². The number of fused-ring (bicyclic) bond motifs is 2. The van der Waals surface area contributed by atoms with Gasteiger partial charge in [-0.3, -0.25) is 0 Å². The molecule has 3 rings (SSSR count). The SMILES string of the molecule is CC(C)(C)C1c2ccccc2C2(CC2)CC1O. The molecule has 0 amide bonds. The minimum Gasteiger partial charge on any atom is -0.392 e. The molecular formula is C16H22O. The van der Waals surface area contributed by atoms with Gasteiger partial charge >= 0.3 is 0 Å². The fourth-order valence-corrected chi connectivity index (χ4v) is 3.75. The molecule has 1 aromatic rings. The first-order valence-corrected chi connectivity index (χ1v) is 6.72. The maximum absolute atomic E-state index is 10.5. The van der Waals surface area contributed by atoms with E-state index in [1.54, 1.807) is 0 Å². The summed E-state index contributed by atoms with van der Waals surface area (Å²) in [6.45, 7) is 6.72. The van der Waals surface area contributed by atoms with Crippen molar-refractivity contribution in [3.05, 3.63) is 35.4 Å². The zero-order valence-corrected chi connectivity index (χ0v) is 11.0. The lowest BCUT2D eigenvalue weighted by atomic mass is 9.64. The number of aliphatic hydroxyl groups excluding tert-OH is 1. The third kappa shape index (κ3) is 1.63. The van der Waals surface area contributed by atoms with Crippen molar-refractivity contribution in [2.24, 2.45) is 5.41 Å². The molecule has 2 atom stereocenters. The summed E-state index contributed by atoms with van der Waals surface area (Å²) < 4.78 is 0. The average Bonchev–Trinajstić information content (AvgIpc) is 2.96. The average molecular weight is 230 g/mol.